The van der Waals surface area contributed by atoms with E-state index in [4.69, 9.17) is 0 Å². The number of hydrogen-bond acceptors (Lipinski definition) is 5. The second kappa shape index (κ2) is 7.51. The van der Waals surface area contributed by atoms with E-state index in [0.29, 0.717) is 16.9 Å². The zero-order chi connectivity index (χ0) is 20.5. The summed E-state index contributed by atoms with van der Waals surface area (Å²) in [4.78, 5) is 40.9. The quantitative estimate of drug-likeness (QED) is 0.547. The zero-order valence-corrected chi connectivity index (χ0v) is 16.8. The fourth-order valence-electron chi connectivity index (χ4n) is 3.19. The summed E-state index contributed by atoms with van der Waals surface area (Å²) in [6.07, 6.45) is 1.65. The molecule has 1 amide bonds. The summed E-state index contributed by atoms with van der Waals surface area (Å²) >= 11 is 1.64. The first kappa shape index (κ1) is 18.9. The lowest BCUT2D eigenvalue weighted by atomic mass is 10.1. The first-order chi connectivity index (χ1) is 14.0. The number of aryl methyl sites for hydroxylation is 2. The van der Waals surface area contributed by atoms with Crippen LogP contribution in [0.1, 0.15) is 6.42 Å². The Morgan fingerprint density at radius 1 is 1.07 bits per heavy atom. The number of rotatable bonds is 5. The molecule has 148 valence electrons. The summed E-state index contributed by atoms with van der Waals surface area (Å²) in [6, 6.07) is 9.70. The lowest BCUT2D eigenvalue weighted by molar-refractivity contribution is -0.116. The average Bonchev–Trinajstić information content (AvgIpc) is 3.40. The largest absolute Gasteiger partial charge is 0.332 e. The molecular formula is C20H19N5O3S. The van der Waals surface area contributed by atoms with E-state index in [1.807, 2.05) is 35.7 Å². The van der Waals surface area contributed by atoms with Gasteiger partial charge in [-0.2, -0.15) is 11.3 Å². The number of benzene rings is 1. The van der Waals surface area contributed by atoms with Crippen molar-refractivity contribution in [1.29, 1.82) is 0 Å². The van der Waals surface area contributed by atoms with Crippen LogP contribution in [-0.4, -0.2) is 24.6 Å². The Hall–Kier alpha value is -3.46. The first-order valence-electron chi connectivity index (χ1n) is 8.99. The van der Waals surface area contributed by atoms with Crippen LogP contribution in [0.5, 0.6) is 0 Å². The minimum Gasteiger partial charge on any atom is -0.326 e. The third-order valence-corrected chi connectivity index (χ3v) is 5.50. The number of carbonyl (C=O) groups excluding carboxylic acids is 1. The normalized spacial score (nSPS) is 11.1. The number of thiophene rings is 1. The number of nitrogens with one attached hydrogen (secondary N) is 1. The van der Waals surface area contributed by atoms with Crippen molar-refractivity contribution in [2.45, 2.75) is 13.0 Å². The van der Waals surface area contributed by atoms with Crippen molar-refractivity contribution in [1.82, 2.24) is 18.7 Å². The molecule has 0 unspecified atom stereocenters. The lowest BCUT2D eigenvalue weighted by Crippen LogP contribution is -2.37. The molecule has 4 rings (SSSR count). The average molecular weight is 409 g/mol. The molecule has 3 aromatic heterocycles. The number of amides is 1. The van der Waals surface area contributed by atoms with Gasteiger partial charge in [0.1, 0.15) is 0 Å². The van der Waals surface area contributed by atoms with E-state index in [-0.39, 0.29) is 18.9 Å². The molecule has 4 aromatic rings. The molecule has 1 N–H and O–H groups in total. The van der Waals surface area contributed by atoms with Gasteiger partial charge in [0.25, 0.3) is 5.56 Å². The Morgan fingerprint density at radius 3 is 2.52 bits per heavy atom. The van der Waals surface area contributed by atoms with Crippen LogP contribution in [0.15, 0.2) is 57.0 Å². The van der Waals surface area contributed by atoms with Crippen LogP contribution in [0.4, 0.5) is 5.69 Å². The van der Waals surface area contributed by atoms with Crippen LogP contribution in [0.3, 0.4) is 0 Å². The summed E-state index contributed by atoms with van der Waals surface area (Å²) < 4.78 is 3.97. The van der Waals surface area contributed by atoms with Gasteiger partial charge in [-0.1, -0.05) is 12.1 Å². The predicted octanol–water partition coefficient (Wildman–Crippen LogP) is 2.19. The minimum absolute atomic E-state index is 0.170. The van der Waals surface area contributed by atoms with Gasteiger partial charge in [0.05, 0.1) is 6.33 Å². The number of anilines is 1. The van der Waals surface area contributed by atoms with Gasteiger partial charge < -0.3 is 9.88 Å². The van der Waals surface area contributed by atoms with Crippen molar-refractivity contribution >= 4 is 34.1 Å². The molecule has 9 heteroatoms. The number of nitrogens with zero attached hydrogens (tertiary/aromatic N) is 4. The van der Waals surface area contributed by atoms with Crippen molar-refractivity contribution in [2.24, 2.45) is 14.1 Å². The maximum atomic E-state index is 12.4. The van der Waals surface area contributed by atoms with Crippen LogP contribution in [-0.2, 0) is 25.4 Å². The molecule has 0 bridgehead atoms. The number of carbonyl (C=O) groups is 1. The highest BCUT2D eigenvalue weighted by Crippen LogP contribution is 2.23. The standard InChI is InChI=1S/C20H19N5O3S/c1-23-18-17(19(27)24(2)20(23)28)25(12-21-18)9-7-16(26)22-15-5-3-13(4-6-15)14-8-10-29-11-14/h3-6,8,10-12H,7,9H2,1-2H3,(H,22,26). The molecule has 0 radical (unpaired) electrons. The summed E-state index contributed by atoms with van der Waals surface area (Å²) in [5, 5.41) is 6.96. The van der Waals surface area contributed by atoms with Crippen molar-refractivity contribution in [3.8, 4) is 11.1 Å². The maximum Gasteiger partial charge on any atom is 0.332 e. The van der Waals surface area contributed by atoms with Crippen LogP contribution >= 0.6 is 11.3 Å². The Labute approximate surface area is 169 Å². The summed E-state index contributed by atoms with van der Waals surface area (Å²) in [5.41, 5.74) is 2.71. The fraction of sp³-hybridized carbons (Fsp3) is 0.200. The van der Waals surface area contributed by atoms with Gasteiger partial charge in [-0.25, -0.2) is 9.78 Å². The highest BCUT2D eigenvalue weighted by atomic mass is 32.1. The molecule has 29 heavy (non-hydrogen) atoms. The highest BCUT2D eigenvalue weighted by molar-refractivity contribution is 7.08. The molecule has 0 aliphatic heterocycles. The second-order valence-electron chi connectivity index (χ2n) is 6.70. The van der Waals surface area contributed by atoms with Gasteiger partial charge in [-0.15, -0.1) is 0 Å². The van der Waals surface area contributed by atoms with Gasteiger partial charge >= 0.3 is 5.69 Å². The second-order valence-corrected chi connectivity index (χ2v) is 7.48. The monoisotopic (exact) mass is 409 g/mol. The topological polar surface area (TPSA) is 90.9 Å². The number of hydrogen-bond donors (Lipinski definition) is 1. The molecule has 0 aliphatic carbocycles. The lowest BCUT2D eigenvalue weighted by Gasteiger charge is -2.08. The molecule has 0 saturated carbocycles. The SMILES string of the molecule is Cn1c(=O)c2c(ncn2CCC(=O)Nc2ccc(-c3ccsc3)cc2)n(C)c1=O. The van der Waals surface area contributed by atoms with Gasteiger partial charge in [0.2, 0.25) is 5.91 Å². The van der Waals surface area contributed by atoms with Gasteiger partial charge in [0.15, 0.2) is 11.2 Å². The van der Waals surface area contributed by atoms with E-state index in [1.165, 1.54) is 17.9 Å². The molecule has 0 spiro atoms. The van der Waals surface area contributed by atoms with E-state index in [9.17, 15) is 14.4 Å². The van der Waals surface area contributed by atoms with E-state index >= 15 is 0 Å². The Kier molecular flexibility index (Phi) is 4.89. The number of imidazole rings is 1. The van der Waals surface area contributed by atoms with E-state index in [2.05, 4.69) is 15.7 Å². The van der Waals surface area contributed by atoms with Gasteiger partial charge in [-0.3, -0.25) is 18.7 Å². The van der Waals surface area contributed by atoms with Crippen molar-refractivity contribution < 1.29 is 4.79 Å². The molecule has 0 atom stereocenters. The van der Waals surface area contributed by atoms with Crippen molar-refractivity contribution in [3.63, 3.8) is 0 Å². The summed E-state index contributed by atoms with van der Waals surface area (Å²) in [5.74, 6) is -0.170. The highest BCUT2D eigenvalue weighted by Gasteiger charge is 2.15. The predicted molar refractivity (Wildman–Crippen MR) is 113 cm³/mol. The molecule has 0 aliphatic rings. The molecule has 3 heterocycles. The maximum absolute atomic E-state index is 12.4. The van der Waals surface area contributed by atoms with Crippen LogP contribution in [0.25, 0.3) is 22.3 Å². The fourth-order valence-corrected chi connectivity index (χ4v) is 3.85. The number of aromatic nitrogens is 4. The Bertz CT molecular complexity index is 1300. The summed E-state index contributed by atoms with van der Waals surface area (Å²) in [7, 11) is 2.99. The zero-order valence-electron chi connectivity index (χ0n) is 16.0. The summed E-state index contributed by atoms with van der Waals surface area (Å²) in [6.45, 7) is 0.281. The van der Waals surface area contributed by atoms with Crippen LogP contribution in [0, 0.1) is 0 Å². The Balaban J connectivity index is 1.46. The molecule has 8 nitrogen and oxygen atoms in total. The van der Waals surface area contributed by atoms with Crippen LogP contribution < -0.4 is 16.6 Å². The molecule has 1 aromatic carbocycles. The van der Waals surface area contributed by atoms with E-state index < -0.39 is 11.2 Å². The van der Waals surface area contributed by atoms with E-state index in [1.54, 1.807) is 23.0 Å². The third-order valence-electron chi connectivity index (χ3n) is 4.82. The van der Waals surface area contributed by atoms with Gasteiger partial charge in [0, 0.05) is 32.7 Å². The molecule has 0 saturated heterocycles. The Morgan fingerprint density at radius 2 is 1.83 bits per heavy atom. The van der Waals surface area contributed by atoms with E-state index in [0.717, 1.165) is 15.7 Å². The van der Waals surface area contributed by atoms with Crippen LogP contribution in [0.2, 0.25) is 0 Å². The third kappa shape index (κ3) is 3.52. The van der Waals surface area contributed by atoms with Crippen molar-refractivity contribution in [3.05, 3.63) is 68.3 Å². The number of fused-ring (bicyclic) bond motifs is 1. The van der Waals surface area contributed by atoms with Gasteiger partial charge in [-0.05, 0) is 40.1 Å². The van der Waals surface area contributed by atoms with Crippen molar-refractivity contribution in [2.75, 3.05) is 5.32 Å². The first-order valence-corrected chi connectivity index (χ1v) is 9.93. The molecule has 0 fully saturated rings. The molecular weight excluding hydrogens is 390 g/mol. The smallest absolute Gasteiger partial charge is 0.326 e. The minimum atomic E-state index is -0.434.